The highest BCUT2D eigenvalue weighted by molar-refractivity contribution is 5.81. The van der Waals surface area contributed by atoms with Crippen LogP contribution in [0.4, 0.5) is 0 Å². The van der Waals surface area contributed by atoms with E-state index in [4.69, 9.17) is 18.9 Å². The predicted octanol–water partition coefficient (Wildman–Crippen LogP) is 14.4. The van der Waals surface area contributed by atoms with Gasteiger partial charge in [-0.25, -0.2) is 4.79 Å². The Balaban J connectivity index is 2.43. The molecule has 0 spiro atoms. The van der Waals surface area contributed by atoms with Gasteiger partial charge < -0.3 is 18.9 Å². The molecule has 3 atom stereocenters. The van der Waals surface area contributed by atoms with Gasteiger partial charge in [0.1, 0.15) is 18.2 Å². The van der Waals surface area contributed by atoms with Gasteiger partial charge in [-0.1, -0.05) is 169 Å². The van der Waals surface area contributed by atoms with Crippen LogP contribution in [0.1, 0.15) is 254 Å². The van der Waals surface area contributed by atoms with Crippen LogP contribution in [0.25, 0.3) is 0 Å². The smallest absolute Gasteiger partial charge is 0.330 e. The lowest BCUT2D eigenvalue weighted by Crippen LogP contribution is -2.38. The molecule has 1 fully saturated rings. The molecule has 0 aromatic rings. The molecule has 1 aliphatic rings. The lowest BCUT2D eigenvalue weighted by atomic mass is 9.86. The zero-order valence-corrected chi connectivity index (χ0v) is 42.2. The van der Waals surface area contributed by atoms with E-state index in [-0.39, 0.29) is 30.1 Å². The van der Waals surface area contributed by atoms with E-state index in [0.717, 1.165) is 103 Å². The third kappa shape index (κ3) is 29.0. The van der Waals surface area contributed by atoms with E-state index < -0.39 is 22.8 Å². The van der Waals surface area contributed by atoms with Gasteiger partial charge in [-0.15, -0.1) is 0 Å². The topological polar surface area (TPSA) is 108 Å². The van der Waals surface area contributed by atoms with Crippen LogP contribution >= 0.6 is 0 Å². The summed E-state index contributed by atoms with van der Waals surface area (Å²) in [6, 6.07) is -0.449. The molecular formula is C54H99NO8. The Labute approximate surface area is 387 Å². The van der Waals surface area contributed by atoms with Gasteiger partial charge in [0.2, 0.25) is 0 Å². The Bertz CT molecular complexity index is 1200. The summed E-state index contributed by atoms with van der Waals surface area (Å²) in [6.07, 6.45) is 35.5. The normalized spacial score (nSPS) is 16.2. The highest BCUT2D eigenvalue weighted by Crippen LogP contribution is 2.30. The highest BCUT2D eigenvalue weighted by Gasteiger charge is 2.39. The zero-order valence-electron chi connectivity index (χ0n) is 42.2. The monoisotopic (exact) mass is 890 g/mol. The molecular weight excluding hydrogens is 791 g/mol. The number of ether oxygens (including phenoxy) is 4. The number of nitrogens with zero attached hydrogens (tertiary/aromatic N) is 1. The minimum absolute atomic E-state index is 0.0229. The van der Waals surface area contributed by atoms with E-state index in [1.54, 1.807) is 0 Å². The minimum atomic E-state index is -0.522. The van der Waals surface area contributed by atoms with Crippen molar-refractivity contribution in [2.45, 2.75) is 272 Å². The summed E-state index contributed by atoms with van der Waals surface area (Å²) >= 11 is 0. The SMILES string of the molecule is C=CC(=O)O[C@H]1C[C@@H](C(=O)OCCCCCCC(C)(C)C(=O)OCCCCCCCCCCC)N(CCCCCCC(C)(C)C(=O)OC(CCCCCC)CCCCCCCC)C1. The van der Waals surface area contributed by atoms with E-state index >= 15 is 0 Å². The summed E-state index contributed by atoms with van der Waals surface area (Å²) in [7, 11) is 0. The predicted molar refractivity (Wildman–Crippen MR) is 260 cm³/mol. The second-order valence-corrected chi connectivity index (χ2v) is 20.2. The average Bonchev–Trinajstić information content (AvgIpc) is 3.66. The number of carbonyl (C=O) groups excluding carboxylic acids is 4. The molecule has 1 saturated heterocycles. The van der Waals surface area contributed by atoms with Gasteiger partial charge in [0.05, 0.1) is 24.0 Å². The lowest BCUT2D eigenvalue weighted by Gasteiger charge is -2.27. The van der Waals surface area contributed by atoms with Crippen LogP contribution in [-0.4, -0.2) is 73.3 Å². The molecule has 0 aliphatic carbocycles. The first kappa shape index (κ1) is 58.6. The maximum absolute atomic E-state index is 13.4. The van der Waals surface area contributed by atoms with Crippen molar-refractivity contribution in [2.75, 3.05) is 26.3 Å². The maximum atomic E-state index is 13.4. The average molecular weight is 890 g/mol. The number of likely N-dealkylation sites (tertiary alicyclic amines) is 1. The summed E-state index contributed by atoms with van der Waals surface area (Å²) in [4.78, 5) is 53.6. The summed E-state index contributed by atoms with van der Waals surface area (Å²) in [5.41, 5.74) is -1.02. The van der Waals surface area contributed by atoms with Gasteiger partial charge in [0.15, 0.2) is 0 Å². The third-order valence-corrected chi connectivity index (χ3v) is 13.1. The van der Waals surface area contributed by atoms with Gasteiger partial charge >= 0.3 is 23.9 Å². The minimum Gasteiger partial charge on any atom is -0.465 e. The summed E-state index contributed by atoms with van der Waals surface area (Å²) < 4.78 is 23.2. The van der Waals surface area contributed by atoms with Crippen molar-refractivity contribution in [1.82, 2.24) is 4.90 Å². The Morgan fingerprint density at radius 3 is 1.52 bits per heavy atom. The second kappa shape index (κ2) is 36.8. The van der Waals surface area contributed by atoms with Crippen LogP contribution in [0.5, 0.6) is 0 Å². The molecule has 0 aromatic carbocycles. The highest BCUT2D eigenvalue weighted by atomic mass is 16.6. The Morgan fingerprint density at radius 2 is 1.00 bits per heavy atom. The van der Waals surface area contributed by atoms with Gasteiger partial charge in [-0.2, -0.15) is 0 Å². The number of hydrogen-bond donors (Lipinski definition) is 0. The van der Waals surface area contributed by atoms with E-state index in [0.29, 0.717) is 32.7 Å². The molecule has 0 amide bonds. The van der Waals surface area contributed by atoms with Crippen molar-refractivity contribution in [2.24, 2.45) is 10.8 Å². The molecule has 1 aliphatic heterocycles. The number of carbonyl (C=O) groups is 4. The molecule has 0 saturated carbocycles. The molecule has 0 bridgehead atoms. The van der Waals surface area contributed by atoms with Crippen LogP contribution in [0, 0.1) is 10.8 Å². The molecule has 0 N–H and O–H groups in total. The summed E-state index contributed by atoms with van der Waals surface area (Å²) in [5.74, 6) is -0.905. The fraction of sp³-hybridized carbons (Fsp3) is 0.889. The second-order valence-electron chi connectivity index (χ2n) is 20.2. The van der Waals surface area contributed by atoms with Crippen molar-refractivity contribution < 1.29 is 38.1 Å². The molecule has 9 nitrogen and oxygen atoms in total. The first-order chi connectivity index (χ1) is 30.3. The molecule has 63 heavy (non-hydrogen) atoms. The standard InChI is InChI=1S/C54H99NO8/c1-9-13-16-19-21-22-23-28-36-43-61-51(58)53(5,6)39-33-26-29-35-42-60-50(57)48-44-47(62-49(56)12-4)45-55(48)41-34-27-25-32-40-54(7,8)52(59)63-46(37-30-18-15-11-3)38-31-24-20-17-14-10-2/h12,46-48H,4,9-11,13-45H2,1-3,5-8H3/t46?,47-,48-/m0/s1. The maximum Gasteiger partial charge on any atom is 0.330 e. The first-order valence-corrected chi connectivity index (χ1v) is 26.4. The van der Waals surface area contributed by atoms with E-state index in [1.165, 1.54) is 102 Å². The van der Waals surface area contributed by atoms with Gasteiger partial charge in [0, 0.05) is 19.0 Å². The molecule has 368 valence electrons. The van der Waals surface area contributed by atoms with Crippen LogP contribution in [-0.2, 0) is 38.1 Å². The zero-order chi connectivity index (χ0) is 46.6. The fourth-order valence-electron chi connectivity index (χ4n) is 8.68. The molecule has 0 aromatic heterocycles. The van der Waals surface area contributed by atoms with Crippen LogP contribution in [0.15, 0.2) is 12.7 Å². The van der Waals surface area contributed by atoms with Gasteiger partial charge in [0.25, 0.3) is 0 Å². The fourth-order valence-corrected chi connectivity index (χ4v) is 8.68. The first-order valence-electron chi connectivity index (χ1n) is 26.4. The van der Waals surface area contributed by atoms with Crippen molar-refractivity contribution in [1.29, 1.82) is 0 Å². The Hall–Kier alpha value is -2.42. The molecule has 1 unspecified atom stereocenters. The summed E-state index contributed by atoms with van der Waals surface area (Å²) in [6.45, 7) is 20.3. The molecule has 1 heterocycles. The number of esters is 4. The molecule has 9 heteroatoms. The van der Waals surface area contributed by atoms with E-state index in [9.17, 15) is 19.2 Å². The number of rotatable bonds is 42. The van der Waals surface area contributed by atoms with Crippen molar-refractivity contribution in [3.63, 3.8) is 0 Å². The lowest BCUT2D eigenvalue weighted by molar-refractivity contribution is -0.161. The largest absolute Gasteiger partial charge is 0.465 e. The van der Waals surface area contributed by atoms with Crippen LogP contribution in [0.3, 0.4) is 0 Å². The van der Waals surface area contributed by atoms with E-state index in [2.05, 4.69) is 32.3 Å². The van der Waals surface area contributed by atoms with Gasteiger partial charge in [-0.3, -0.25) is 19.3 Å². The van der Waals surface area contributed by atoms with E-state index in [1.807, 2.05) is 27.7 Å². The summed E-state index contributed by atoms with van der Waals surface area (Å²) in [5, 5.41) is 0. The number of unbranched alkanes of at least 4 members (excludes halogenated alkanes) is 22. The van der Waals surface area contributed by atoms with Crippen molar-refractivity contribution in [3.05, 3.63) is 12.7 Å². The van der Waals surface area contributed by atoms with Gasteiger partial charge in [-0.05, 0) is 92.0 Å². The molecule has 1 rings (SSSR count). The Morgan fingerprint density at radius 1 is 0.571 bits per heavy atom. The van der Waals surface area contributed by atoms with Crippen LogP contribution in [0.2, 0.25) is 0 Å². The number of hydrogen-bond acceptors (Lipinski definition) is 9. The van der Waals surface area contributed by atoms with Crippen LogP contribution < -0.4 is 0 Å². The Kier molecular flexibility index (Phi) is 34.2. The molecule has 0 radical (unpaired) electrons. The quantitative estimate of drug-likeness (QED) is 0.0256. The van der Waals surface area contributed by atoms with Crippen molar-refractivity contribution in [3.8, 4) is 0 Å². The third-order valence-electron chi connectivity index (χ3n) is 13.1. The van der Waals surface area contributed by atoms with Crippen molar-refractivity contribution >= 4 is 23.9 Å².